The predicted molar refractivity (Wildman–Crippen MR) is 81.2 cm³/mol. The van der Waals surface area contributed by atoms with Gasteiger partial charge >= 0.3 is 7.12 Å². The van der Waals surface area contributed by atoms with E-state index in [9.17, 15) is 0 Å². The lowest BCUT2D eigenvalue weighted by Crippen LogP contribution is -2.41. The van der Waals surface area contributed by atoms with Crippen molar-refractivity contribution < 1.29 is 9.31 Å². The van der Waals surface area contributed by atoms with Gasteiger partial charge in [-0.1, -0.05) is 12.1 Å². The van der Waals surface area contributed by atoms with Gasteiger partial charge in [0.25, 0.3) is 0 Å². The molecule has 20 heavy (non-hydrogen) atoms. The fraction of sp³-hybridized carbons (Fsp3) is 0.533. The molecule has 1 aliphatic heterocycles. The SMILES string of the molecule is Cc1nn(C)c2cccc(B3OC(C)(C)C(C)(C)O3)c12. The van der Waals surface area contributed by atoms with Crippen LogP contribution in [0.3, 0.4) is 0 Å². The van der Waals surface area contributed by atoms with Crippen LogP contribution in [0.4, 0.5) is 0 Å². The average Bonchev–Trinajstić information content (AvgIpc) is 2.74. The number of aromatic nitrogens is 2. The van der Waals surface area contributed by atoms with E-state index in [0.29, 0.717) is 0 Å². The highest BCUT2D eigenvalue weighted by molar-refractivity contribution is 6.65. The molecule has 0 spiro atoms. The van der Waals surface area contributed by atoms with E-state index >= 15 is 0 Å². The first-order valence-electron chi connectivity index (χ1n) is 7.01. The smallest absolute Gasteiger partial charge is 0.399 e. The largest absolute Gasteiger partial charge is 0.495 e. The Morgan fingerprint density at radius 1 is 1.10 bits per heavy atom. The summed E-state index contributed by atoms with van der Waals surface area (Å²) in [4.78, 5) is 0. The second-order valence-electron chi connectivity index (χ2n) is 6.54. The van der Waals surface area contributed by atoms with E-state index in [-0.39, 0.29) is 18.3 Å². The summed E-state index contributed by atoms with van der Waals surface area (Å²) in [7, 11) is 1.62. The van der Waals surface area contributed by atoms with Crippen LogP contribution in [0.15, 0.2) is 18.2 Å². The molecule has 1 aromatic carbocycles. The molecule has 0 bridgehead atoms. The molecule has 1 aromatic heterocycles. The van der Waals surface area contributed by atoms with Crippen molar-refractivity contribution in [1.29, 1.82) is 0 Å². The zero-order valence-corrected chi connectivity index (χ0v) is 13.0. The van der Waals surface area contributed by atoms with Crippen LogP contribution in [0, 0.1) is 6.92 Å². The molecule has 0 radical (unpaired) electrons. The van der Waals surface area contributed by atoms with Gasteiger partial charge in [0.2, 0.25) is 0 Å². The minimum atomic E-state index is -0.341. The predicted octanol–water partition coefficient (Wildman–Crippen LogP) is 2.18. The third-order valence-corrected chi connectivity index (χ3v) is 4.59. The molecule has 0 saturated carbocycles. The van der Waals surface area contributed by atoms with Gasteiger partial charge in [-0.05, 0) is 46.1 Å². The monoisotopic (exact) mass is 272 g/mol. The number of hydrogen-bond acceptors (Lipinski definition) is 3. The Morgan fingerprint density at radius 3 is 2.30 bits per heavy atom. The zero-order chi connectivity index (χ0) is 14.7. The third kappa shape index (κ3) is 1.80. The molecule has 2 aromatic rings. The number of rotatable bonds is 1. The van der Waals surface area contributed by atoms with E-state index in [1.807, 2.05) is 24.7 Å². The molecular formula is C15H21BN2O2. The van der Waals surface area contributed by atoms with Gasteiger partial charge in [-0.15, -0.1) is 0 Å². The van der Waals surface area contributed by atoms with E-state index in [2.05, 4.69) is 44.9 Å². The zero-order valence-electron chi connectivity index (χ0n) is 13.0. The summed E-state index contributed by atoms with van der Waals surface area (Å²) >= 11 is 0. The third-order valence-electron chi connectivity index (χ3n) is 4.59. The average molecular weight is 272 g/mol. The molecule has 0 unspecified atom stereocenters. The van der Waals surface area contributed by atoms with E-state index in [1.165, 1.54) is 0 Å². The van der Waals surface area contributed by atoms with Crippen LogP contribution >= 0.6 is 0 Å². The summed E-state index contributed by atoms with van der Waals surface area (Å²) in [6.45, 7) is 10.3. The van der Waals surface area contributed by atoms with Crippen molar-refractivity contribution in [3.8, 4) is 0 Å². The summed E-state index contributed by atoms with van der Waals surface area (Å²) in [5, 5.41) is 5.63. The van der Waals surface area contributed by atoms with E-state index in [1.54, 1.807) is 0 Å². The second kappa shape index (κ2) is 4.09. The number of nitrogens with zero attached hydrogens (tertiary/aromatic N) is 2. The minimum absolute atomic E-state index is 0.323. The molecule has 0 aliphatic carbocycles. The first-order valence-corrected chi connectivity index (χ1v) is 7.01. The number of aryl methyl sites for hydroxylation is 2. The summed E-state index contributed by atoms with van der Waals surface area (Å²) in [5.41, 5.74) is 2.53. The molecule has 1 fully saturated rings. The first kappa shape index (κ1) is 13.6. The molecular weight excluding hydrogens is 251 g/mol. The van der Waals surface area contributed by atoms with Crippen LogP contribution in [-0.4, -0.2) is 28.1 Å². The molecule has 0 atom stereocenters. The highest BCUT2D eigenvalue weighted by Gasteiger charge is 2.52. The Labute approximate surface area is 120 Å². The molecule has 3 rings (SSSR count). The van der Waals surface area contributed by atoms with Crippen molar-refractivity contribution in [1.82, 2.24) is 9.78 Å². The Morgan fingerprint density at radius 2 is 1.70 bits per heavy atom. The normalized spacial score (nSPS) is 20.8. The molecule has 5 heteroatoms. The van der Waals surface area contributed by atoms with Gasteiger partial charge in [-0.2, -0.15) is 5.10 Å². The maximum atomic E-state index is 6.16. The highest BCUT2D eigenvalue weighted by Crippen LogP contribution is 2.37. The van der Waals surface area contributed by atoms with Gasteiger partial charge < -0.3 is 9.31 Å². The Kier molecular flexibility index (Phi) is 2.79. The van der Waals surface area contributed by atoms with Crippen molar-refractivity contribution >= 4 is 23.5 Å². The molecule has 0 amide bonds. The lowest BCUT2D eigenvalue weighted by atomic mass is 9.76. The van der Waals surface area contributed by atoms with Crippen molar-refractivity contribution in [3.63, 3.8) is 0 Å². The van der Waals surface area contributed by atoms with Crippen molar-refractivity contribution in [2.45, 2.75) is 45.8 Å². The Balaban J connectivity index is 2.13. The van der Waals surface area contributed by atoms with Crippen LogP contribution in [0.5, 0.6) is 0 Å². The molecule has 2 heterocycles. The standard InChI is InChI=1S/C15H21BN2O2/c1-10-13-11(8-7-9-12(13)18(6)17-10)16-19-14(2,3)15(4,5)20-16/h7-9H,1-6H3. The van der Waals surface area contributed by atoms with Gasteiger partial charge in [0, 0.05) is 12.4 Å². The fourth-order valence-corrected chi connectivity index (χ4v) is 2.72. The van der Waals surface area contributed by atoms with Crippen LogP contribution in [-0.2, 0) is 16.4 Å². The molecule has 1 aliphatic rings. The van der Waals surface area contributed by atoms with Crippen LogP contribution in [0.25, 0.3) is 10.9 Å². The van der Waals surface area contributed by atoms with Crippen molar-refractivity contribution in [2.24, 2.45) is 7.05 Å². The molecule has 1 saturated heterocycles. The lowest BCUT2D eigenvalue weighted by Gasteiger charge is -2.32. The van der Waals surface area contributed by atoms with E-state index in [0.717, 1.165) is 22.1 Å². The second-order valence-corrected chi connectivity index (χ2v) is 6.54. The van der Waals surface area contributed by atoms with E-state index < -0.39 is 0 Å². The van der Waals surface area contributed by atoms with Crippen molar-refractivity contribution in [3.05, 3.63) is 23.9 Å². The highest BCUT2D eigenvalue weighted by atomic mass is 16.7. The number of benzene rings is 1. The molecule has 0 N–H and O–H groups in total. The number of hydrogen-bond donors (Lipinski definition) is 0. The summed E-state index contributed by atoms with van der Waals surface area (Å²) in [5.74, 6) is 0. The van der Waals surface area contributed by atoms with Crippen LogP contribution < -0.4 is 5.46 Å². The summed E-state index contributed by atoms with van der Waals surface area (Å²) in [6.07, 6.45) is 0. The molecule has 4 nitrogen and oxygen atoms in total. The Bertz CT molecular complexity index is 660. The van der Waals surface area contributed by atoms with Gasteiger partial charge in [-0.3, -0.25) is 4.68 Å². The lowest BCUT2D eigenvalue weighted by molar-refractivity contribution is 0.00578. The van der Waals surface area contributed by atoms with Crippen LogP contribution in [0.2, 0.25) is 0 Å². The maximum Gasteiger partial charge on any atom is 0.495 e. The maximum absolute atomic E-state index is 6.16. The quantitative estimate of drug-likeness (QED) is 0.746. The topological polar surface area (TPSA) is 36.3 Å². The van der Waals surface area contributed by atoms with E-state index in [4.69, 9.17) is 9.31 Å². The van der Waals surface area contributed by atoms with Gasteiger partial charge in [0.05, 0.1) is 22.4 Å². The van der Waals surface area contributed by atoms with Gasteiger partial charge in [-0.25, -0.2) is 0 Å². The number of fused-ring (bicyclic) bond motifs is 1. The summed E-state index contributed by atoms with van der Waals surface area (Å²) < 4.78 is 14.2. The fourth-order valence-electron chi connectivity index (χ4n) is 2.72. The van der Waals surface area contributed by atoms with Crippen LogP contribution in [0.1, 0.15) is 33.4 Å². The van der Waals surface area contributed by atoms with Gasteiger partial charge in [0.1, 0.15) is 0 Å². The molecule has 106 valence electrons. The first-order chi connectivity index (χ1) is 9.23. The minimum Gasteiger partial charge on any atom is -0.399 e. The summed E-state index contributed by atoms with van der Waals surface area (Å²) in [6, 6.07) is 6.17. The van der Waals surface area contributed by atoms with Gasteiger partial charge in [0.15, 0.2) is 0 Å². The Hall–Kier alpha value is -1.33. The van der Waals surface area contributed by atoms with Crippen molar-refractivity contribution in [2.75, 3.05) is 0 Å².